The highest BCUT2D eigenvalue weighted by molar-refractivity contribution is 5.94. The summed E-state index contributed by atoms with van der Waals surface area (Å²) in [6, 6.07) is 6.94. The molecule has 0 atom stereocenters. The minimum absolute atomic E-state index is 0.385. The SMILES string of the molecule is CC1=[N+](C)c2ccc(C)cc2C12CCCC2. The molecule has 1 saturated carbocycles. The van der Waals surface area contributed by atoms with Gasteiger partial charge in [-0.2, -0.15) is 0 Å². The van der Waals surface area contributed by atoms with Gasteiger partial charge in [-0.25, -0.2) is 4.58 Å². The molecule has 0 aromatic heterocycles. The zero-order chi connectivity index (χ0) is 11.3. The normalized spacial score (nSPS) is 21.9. The maximum atomic E-state index is 2.41. The van der Waals surface area contributed by atoms with E-state index in [0.717, 1.165) is 0 Å². The van der Waals surface area contributed by atoms with E-state index in [1.54, 1.807) is 11.3 Å². The summed E-state index contributed by atoms with van der Waals surface area (Å²) >= 11 is 0. The minimum atomic E-state index is 0.385. The van der Waals surface area contributed by atoms with Gasteiger partial charge in [-0.3, -0.25) is 0 Å². The molecule has 84 valence electrons. The molecular weight excluding hydrogens is 194 g/mol. The summed E-state index contributed by atoms with van der Waals surface area (Å²) in [5.41, 5.74) is 6.37. The van der Waals surface area contributed by atoms with E-state index in [4.69, 9.17) is 0 Å². The molecule has 1 fully saturated rings. The van der Waals surface area contributed by atoms with Crippen LogP contribution in [0, 0.1) is 6.92 Å². The lowest BCUT2D eigenvalue weighted by Crippen LogP contribution is -2.29. The number of fused-ring (bicyclic) bond motifs is 2. The highest BCUT2D eigenvalue weighted by Crippen LogP contribution is 2.49. The smallest absolute Gasteiger partial charge is 0.202 e. The van der Waals surface area contributed by atoms with Crippen molar-refractivity contribution >= 4 is 11.4 Å². The summed E-state index contributed by atoms with van der Waals surface area (Å²) in [6.07, 6.45) is 5.47. The molecule has 1 spiro atoms. The first-order chi connectivity index (χ1) is 7.65. The van der Waals surface area contributed by atoms with Crippen molar-refractivity contribution in [3.05, 3.63) is 29.3 Å². The Morgan fingerprint density at radius 1 is 1.12 bits per heavy atom. The van der Waals surface area contributed by atoms with E-state index in [9.17, 15) is 0 Å². The largest absolute Gasteiger partial charge is 0.209 e. The van der Waals surface area contributed by atoms with Gasteiger partial charge in [-0.1, -0.05) is 24.5 Å². The Balaban J connectivity index is 2.26. The van der Waals surface area contributed by atoms with Gasteiger partial charge in [0.25, 0.3) is 0 Å². The molecule has 1 aromatic rings. The van der Waals surface area contributed by atoms with E-state index in [-0.39, 0.29) is 0 Å². The Morgan fingerprint density at radius 2 is 1.81 bits per heavy atom. The van der Waals surface area contributed by atoms with E-state index in [0.29, 0.717) is 5.41 Å². The number of nitrogens with zero attached hydrogens (tertiary/aromatic N) is 1. The summed E-state index contributed by atoms with van der Waals surface area (Å²) < 4.78 is 2.40. The van der Waals surface area contributed by atoms with Gasteiger partial charge < -0.3 is 0 Å². The number of hydrogen-bond acceptors (Lipinski definition) is 0. The topological polar surface area (TPSA) is 3.01 Å². The molecular formula is C15H20N+. The van der Waals surface area contributed by atoms with Crippen molar-refractivity contribution in [2.45, 2.75) is 44.9 Å². The zero-order valence-electron chi connectivity index (χ0n) is 10.5. The van der Waals surface area contributed by atoms with Crippen LogP contribution in [0.3, 0.4) is 0 Å². The minimum Gasteiger partial charge on any atom is -0.202 e. The summed E-state index contributed by atoms with van der Waals surface area (Å²) in [4.78, 5) is 0. The average Bonchev–Trinajstić information content (AvgIpc) is 2.83. The van der Waals surface area contributed by atoms with Crippen molar-refractivity contribution in [2.24, 2.45) is 0 Å². The van der Waals surface area contributed by atoms with Crippen LogP contribution >= 0.6 is 0 Å². The summed E-state index contributed by atoms with van der Waals surface area (Å²) in [6.45, 7) is 4.53. The number of aryl methyl sites for hydroxylation is 1. The maximum absolute atomic E-state index is 2.41. The van der Waals surface area contributed by atoms with E-state index < -0.39 is 0 Å². The van der Waals surface area contributed by atoms with Gasteiger partial charge in [0, 0.05) is 18.6 Å². The lowest BCUT2D eigenvalue weighted by molar-refractivity contribution is -0.403. The third kappa shape index (κ3) is 1.09. The number of benzene rings is 1. The van der Waals surface area contributed by atoms with Gasteiger partial charge >= 0.3 is 0 Å². The van der Waals surface area contributed by atoms with Crippen LogP contribution < -0.4 is 0 Å². The van der Waals surface area contributed by atoms with E-state index in [2.05, 4.69) is 43.7 Å². The molecule has 0 amide bonds. The number of hydrogen-bond donors (Lipinski definition) is 0. The first-order valence-electron chi connectivity index (χ1n) is 6.34. The third-order valence-corrected chi connectivity index (χ3v) is 4.68. The maximum Gasteiger partial charge on any atom is 0.209 e. The molecule has 1 heteroatoms. The van der Waals surface area contributed by atoms with E-state index in [1.807, 2.05) is 0 Å². The van der Waals surface area contributed by atoms with E-state index >= 15 is 0 Å². The summed E-state index contributed by atoms with van der Waals surface area (Å²) in [5.74, 6) is 0. The Kier molecular flexibility index (Phi) is 2.01. The highest BCUT2D eigenvalue weighted by Gasteiger charge is 2.50. The summed E-state index contributed by atoms with van der Waals surface area (Å²) in [5, 5.41) is 0. The predicted octanol–water partition coefficient (Wildman–Crippen LogP) is 3.56. The lowest BCUT2D eigenvalue weighted by atomic mass is 9.76. The standard InChI is InChI=1S/C15H20N/c1-11-6-7-14-13(10-11)15(8-4-5-9-15)12(2)16(14)3/h6-7,10H,4-5,8-9H2,1-3H3/q+1. The van der Waals surface area contributed by atoms with Crippen LogP contribution in [0.4, 0.5) is 5.69 Å². The quantitative estimate of drug-likeness (QED) is 0.581. The predicted molar refractivity (Wildman–Crippen MR) is 67.9 cm³/mol. The van der Waals surface area contributed by atoms with Crippen LogP contribution in [0.2, 0.25) is 0 Å². The van der Waals surface area contributed by atoms with Crippen molar-refractivity contribution in [3.63, 3.8) is 0 Å². The molecule has 0 N–H and O–H groups in total. The zero-order valence-corrected chi connectivity index (χ0v) is 10.5. The van der Waals surface area contributed by atoms with Crippen molar-refractivity contribution in [1.29, 1.82) is 0 Å². The first-order valence-corrected chi connectivity index (χ1v) is 6.34. The van der Waals surface area contributed by atoms with Crippen LogP contribution in [-0.2, 0) is 5.41 Å². The fourth-order valence-electron chi connectivity index (χ4n) is 3.63. The van der Waals surface area contributed by atoms with Gasteiger partial charge in [-0.05, 0) is 25.8 Å². The van der Waals surface area contributed by atoms with Crippen LogP contribution in [0.5, 0.6) is 0 Å². The average molecular weight is 214 g/mol. The van der Waals surface area contributed by atoms with Gasteiger partial charge in [0.05, 0.1) is 5.41 Å². The molecule has 0 bridgehead atoms. The fourth-order valence-corrected chi connectivity index (χ4v) is 3.63. The van der Waals surface area contributed by atoms with Crippen molar-refractivity contribution in [1.82, 2.24) is 0 Å². The second-order valence-electron chi connectivity index (χ2n) is 5.45. The molecule has 1 aromatic carbocycles. The monoisotopic (exact) mass is 214 g/mol. The highest BCUT2D eigenvalue weighted by atomic mass is 15.0. The van der Waals surface area contributed by atoms with Crippen molar-refractivity contribution in [2.75, 3.05) is 7.05 Å². The third-order valence-electron chi connectivity index (χ3n) is 4.68. The molecule has 1 nitrogen and oxygen atoms in total. The molecule has 0 unspecified atom stereocenters. The number of rotatable bonds is 0. The Labute approximate surface area is 97.8 Å². The molecule has 16 heavy (non-hydrogen) atoms. The summed E-state index contributed by atoms with van der Waals surface area (Å²) in [7, 11) is 2.22. The van der Waals surface area contributed by atoms with Crippen molar-refractivity contribution < 1.29 is 4.58 Å². The van der Waals surface area contributed by atoms with Gasteiger partial charge in [0.2, 0.25) is 5.69 Å². The Bertz CT molecular complexity index is 476. The van der Waals surface area contributed by atoms with Crippen LogP contribution in [0.25, 0.3) is 0 Å². The lowest BCUT2D eigenvalue weighted by Gasteiger charge is -2.20. The second kappa shape index (κ2) is 3.19. The molecule has 0 radical (unpaired) electrons. The second-order valence-corrected chi connectivity index (χ2v) is 5.45. The fraction of sp³-hybridized carbons (Fsp3) is 0.533. The van der Waals surface area contributed by atoms with E-state index in [1.165, 1.54) is 36.9 Å². The van der Waals surface area contributed by atoms with Crippen molar-refractivity contribution in [3.8, 4) is 0 Å². The van der Waals surface area contributed by atoms with Crippen LogP contribution in [0.15, 0.2) is 18.2 Å². The first kappa shape index (κ1) is 10.1. The van der Waals surface area contributed by atoms with Crippen LogP contribution in [-0.4, -0.2) is 17.3 Å². The Hall–Kier alpha value is -1.11. The van der Waals surface area contributed by atoms with Gasteiger partial charge in [0.1, 0.15) is 7.05 Å². The van der Waals surface area contributed by atoms with Gasteiger partial charge in [-0.15, -0.1) is 0 Å². The van der Waals surface area contributed by atoms with Gasteiger partial charge in [0.15, 0.2) is 5.71 Å². The molecule has 1 heterocycles. The molecule has 1 aliphatic carbocycles. The van der Waals surface area contributed by atoms with Crippen LogP contribution in [0.1, 0.15) is 43.7 Å². The molecule has 3 rings (SSSR count). The molecule has 2 aliphatic rings. The Morgan fingerprint density at radius 3 is 2.50 bits per heavy atom. The molecule has 0 saturated heterocycles. The molecule has 1 aliphatic heterocycles.